The zero-order valence-corrected chi connectivity index (χ0v) is 18.7. The molecule has 0 aliphatic rings. The molecular formula is C25H22ClN3O4. The molecule has 0 unspecified atom stereocenters. The van der Waals surface area contributed by atoms with Crippen LogP contribution in [0.25, 0.3) is 11.4 Å². The molecule has 33 heavy (non-hydrogen) atoms. The van der Waals surface area contributed by atoms with E-state index in [0.717, 1.165) is 11.1 Å². The Balaban J connectivity index is 1.36. The summed E-state index contributed by atoms with van der Waals surface area (Å²) in [7, 11) is 1.58. The van der Waals surface area contributed by atoms with Crippen molar-refractivity contribution < 1.29 is 18.8 Å². The second-order valence-corrected chi connectivity index (χ2v) is 7.65. The molecule has 0 saturated carbocycles. The van der Waals surface area contributed by atoms with E-state index in [9.17, 15) is 4.79 Å². The van der Waals surface area contributed by atoms with Crippen LogP contribution in [0.4, 0.5) is 5.69 Å². The van der Waals surface area contributed by atoms with Gasteiger partial charge in [-0.15, -0.1) is 0 Å². The number of carbonyl (C=O) groups excluding carboxylic acids is 1. The standard InChI is InChI=1S/C25H22ClN3O4/c1-31-22-14-18(10-11-21(22)32-16-17-6-3-2-4-7-17)25-28-24(33-29-25)13-12-23(30)27-20-9-5-8-19(26)15-20/h2-11,14-15H,12-13,16H2,1H3,(H,27,30). The van der Waals surface area contributed by atoms with Crippen molar-refractivity contribution in [2.75, 3.05) is 12.4 Å². The van der Waals surface area contributed by atoms with Crippen molar-refractivity contribution in [3.8, 4) is 22.9 Å². The van der Waals surface area contributed by atoms with E-state index in [1.807, 2.05) is 42.5 Å². The van der Waals surface area contributed by atoms with Gasteiger partial charge < -0.3 is 19.3 Å². The number of hydrogen-bond donors (Lipinski definition) is 1. The Morgan fingerprint density at radius 2 is 1.88 bits per heavy atom. The number of carbonyl (C=O) groups is 1. The third-order valence-electron chi connectivity index (χ3n) is 4.80. The van der Waals surface area contributed by atoms with Crippen LogP contribution in [0.5, 0.6) is 11.5 Å². The number of amides is 1. The molecule has 0 spiro atoms. The maximum absolute atomic E-state index is 12.2. The second-order valence-electron chi connectivity index (χ2n) is 7.21. The Morgan fingerprint density at radius 1 is 1.03 bits per heavy atom. The lowest BCUT2D eigenvalue weighted by Crippen LogP contribution is -2.12. The van der Waals surface area contributed by atoms with Gasteiger partial charge in [0, 0.05) is 29.1 Å². The minimum Gasteiger partial charge on any atom is -0.493 e. The monoisotopic (exact) mass is 463 g/mol. The summed E-state index contributed by atoms with van der Waals surface area (Å²) in [4.78, 5) is 16.6. The number of aryl methyl sites for hydroxylation is 1. The third kappa shape index (κ3) is 6.11. The Morgan fingerprint density at radius 3 is 2.67 bits per heavy atom. The van der Waals surface area contributed by atoms with Gasteiger partial charge in [0.1, 0.15) is 6.61 Å². The lowest BCUT2D eigenvalue weighted by molar-refractivity contribution is -0.116. The van der Waals surface area contributed by atoms with Crippen molar-refractivity contribution in [1.29, 1.82) is 0 Å². The molecule has 0 aliphatic carbocycles. The molecule has 0 saturated heterocycles. The number of anilines is 1. The number of benzene rings is 3. The molecular weight excluding hydrogens is 442 g/mol. The van der Waals surface area contributed by atoms with Crippen molar-refractivity contribution >= 4 is 23.2 Å². The van der Waals surface area contributed by atoms with Crippen LogP contribution in [0.1, 0.15) is 17.9 Å². The van der Waals surface area contributed by atoms with Crippen molar-refractivity contribution in [1.82, 2.24) is 10.1 Å². The predicted octanol–water partition coefficient (Wildman–Crippen LogP) is 5.55. The first-order valence-electron chi connectivity index (χ1n) is 10.3. The Kier molecular flexibility index (Phi) is 7.22. The number of halogens is 1. The van der Waals surface area contributed by atoms with Crippen LogP contribution in [0.3, 0.4) is 0 Å². The molecule has 3 aromatic carbocycles. The minimum absolute atomic E-state index is 0.168. The van der Waals surface area contributed by atoms with Gasteiger partial charge in [-0.2, -0.15) is 4.98 Å². The van der Waals surface area contributed by atoms with Gasteiger partial charge in [-0.25, -0.2) is 0 Å². The van der Waals surface area contributed by atoms with Crippen LogP contribution < -0.4 is 14.8 Å². The molecule has 0 radical (unpaired) electrons. The zero-order chi connectivity index (χ0) is 23.0. The van der Waals surface area contributed by atoms with Crippen molar-refractivity contribution in [3.05, 3.63) is 89.3 Å². The molecule has 8 heteroatoms. The highest BCUT2D eigenvalue weighted by Crippen LogP contribution is 2.32. The van der Waals surface area contributed by atoms with E-state index >= 15 is 0 Å². The Hall–Kier alpha value is -3.84. The molecule has 1 N–H and O–H groups in total. The average Bonchev–Trinajstić information content (AvgIpc) is 3.31. The fourth-order valence-corrected chi connectivity index (χ4v) is 3.34. The van der Waals surface area contributed by atoms with Gasteiger partial charge in [-0.05, 0) is 42.0 Å². The van der Waals surface area contributed by atoms with E-state index < -0.39 is 0 Å². The normalized spacial score (nSPS) is 10.6. The fourth-order valence-electron chi connectivity index (χ4n) is 3.15. The molecule has 4 rings (SSSR count). The van der Waals surface area contributed by atoms with Crippen LogP contribution in [0.15, 0.2) is 77.3 Å². The first kappa shape index (κ1) is 22.4. The van der Waals surface area contributed by atoms with E-state index in [4.69, 9.17) is 25.6 Å². The van der Waals surface area contributed by atoms with Gasteiger partial charge in [0.15, 0.2) is 11.5 Å². The van der Waals surface area contributed by atoms with Gasteiger partial charge in [-0.3, -0.25) is 4.79 Å². The summed E-state index contributed by atoms with van der Waals surface area (Å²) in [5.74, 6) is 1.79. The molecule has 0 aliphatic heterocycles. The molecule has 0 bridgehead atoms. The first-order chi connectivity index (χ1) is 16.1. The van der Waals surface area contributed by atoms with Crippen molar-refractivity contribution in [3.63, 3.8) is 0 Å². The van der Waals surface area contributed by atoms with Crippen LogP contribution in [-0.2, 0) is 17.8 Å². The highest BCUT2D eigenvalue weighted by atomic mass is 35.5. The number of hydrogen-bond acceptors (Lipinski definition) is 6. The summed E-state index contributed by atoms with van der Waals surface area (Å²) in [6, 6.07) is 22.3. The summed E-state index contributed by atoms with van der Waals surface area (Å²) in [6.07, 6.45) is 0.512. The van der Waals surface area contributed by atoms with E-state index in [1.54, 1.807) is 37.4 Å². The Labute approximate surface area is 196 Å². The van der Waals surface area contributed by atoms with E-state index in [2.05, 4.69) is 15.5 Å². The molecule has 1 heterocycles. The lowest BCUT2D eigenvalue weighted by atomic mass is 10.2. The number of nitrogens with zero attached hydrogens (tertiary/aromatic N) is 2. The van der Waals surface area contributed by atoms with E-state index in [-0.39, 0.29) is 12.3 Å². The summed E-state index contributed by atoms with van der Waals surface area (Å²) < 4.78 is 16.7. The van der Waals surface area contributed by atoms with Crippen LogP contribution >= 0.6 is 11.6 Å². The zero-order valence-electron chi connectivity index (χ0n) is 18.0. The van der Waals surface area contributed by atoms with Crippen LogP contribution in [0.2, 0.25) is 5.02 Å². The maximum Gasteiger partial charge on any atom is 0.227 e. The highest BCUT2D eigenvalue weighted by molar-refractivity contribution is 6.30. The molecule has 0 atom stereocenters. The molecule has 4 aromatic rings. The van der Waals surface area contributed by atoms with E-state index in [0.29, 0.717) is 47.0 Å². The number of nitrogens with one attached hydrogen (secondary N) is 1. The van der Waals surface area contributed by atoms with Gasteiger partial charge >= 0.3 is 0 Å². The molecule has 7 nitrogen and oxygen atoms in total. The highest BCUT2D eigenvalue weighted by Gasteiger charge is 2.14. The topological polar surface area (TPSA) is 86.5 Å². The molecule has 1 aromatic heterocycles. The second kappa shape index (κ2) is 10.7. The molecule has 0 fully saturated rings. The first-order valence-corrected chi connectivity index (χ1v) is 10.7. The maximum atomic E-state index is 12.2. The number of rotatable bonds is 9. The molecule has 168 valence electrons. The summed E-state index contributed by atoms with van der Waals surface area (Å²) in [6.45, 7) is 0.431. The summed E-state index contributed by atoms with van der Waals surface area (Å²) >= 11 is 5.94. The van der Waals surface area contributed by atoms with Gasteiger partial charge in [0.2, 0.25) is 17.6 Å². The minimum atomic E-state index is -0.168. The lowest BCUT2D eigenvalue weighted by Gasteiger charge is -2.11. The largest absolute Gasteiger partial charge is 0.493 e. The third-order valence-corrected chi connectivity index (χ3v) is 5.04. The quantitative estimate of drug-likeness (QED) is 0.350. The summed E-state index contributed by atoms with van der Waals surface area (Å²) in [5, 5.41) is 7.38. The van der Waals surface area contributed by atoms with E-state index in [1.165, 1.54) is 0 Å². The molecule has 1 amide bonds. The smallest absolute Gasteiger partial charge is 0.227 e. The van der Waals surface area contributed by atoms with Gasteiger partial charge in [0.25, 0.3) is 0 Å². The Bertz CT molecular complexity index is 1230. The van der Waals surface area contributed by atoms with Gasteiger partial charge in [-0.1, -0.05) is 53.2 Å². The van der Waals surface area contributed by atoms with Crippen LogP contribution in [-0.4, -0.2) is 23.2 Å². The van der Waals surface area contributed by atoms with Crippen LogP contribution in [0, 0.1) is 0 Å². The van der Waals surface area contributed by atoms with Crippen molar-refractivity contribution in [2.24, 2.45) is 0 Å². The predicted molar refractivity (Wildman–Crippen MR) is 125 cm³/mol. The number of ether oxygens (including phenoxy) is 2. The van der Waals surface area contributed by atoms with Gasteiger partial charge in [0.05, 0.1) is 7.11 Å². The number of aromatic nitrogens is 2. The summed E-state index contributed by atoms with van der Waals surface area (Å²) in [5.41, 5.74) is 2.42. The SMILES string of the molecule is COc1cc(-c2noc(CCC(=O)Nc3cccc(Cl)c3)n2)ccc1OCc1ccccc1. The fraction of sp³-hybridized carbons (Fsp3) is 0.160. The van der Waals surface area contributed by atoms with Crippen molar-refractivity contribution in [2.45, 2.75) is 19.4 Å². The average molecular weight is 464 g/mol. The number of methoxy groups -OCH3 is 1.